The normalized spacial score (nSPS) is 10.1. The molecule has 0 bridgehead atoms. The summed E-state index contributed by atoms with van der Waals surface area (Å²) in [6, 6.07) is 5.99. The third-order valence-electron chi connectivity index (χ3n) is 2.23. The molecule has 0 aromatic carbocycles. The summed E-state index contributed by atoms with van der Waals surface area (Å²) in [5, 5.41) is 2.88. The number of nitrogens with one attached hydrogen (secondary N) is 1. The number of hydrogen-bond acceptors (Lipinski definition) is 5. The van der Waals surface area contributed by atoms with Crippen LogP contribution in [-0.4, -0.2) is 18.1 Å². The second kappa shape index (κ2) is 5.31. The van der Waals surface area contributed by atoms with Gasteiger partial charge in [0.25, 0.3) is 0 Å². The van der Waals surface area contributed by atoms with E-state index in [2.05, 4.69) is 15.0 Å². The van der Waals surface area contributed by atoms with Gasteiger partial charge in [0.1, 0.15) is 17.8 Å². The molecule has 0 radical (unpaired) electrons. The van der Waals surface area contributed by atoms with E-state index in [1.165, 1.54) is 19.4 Å². The van der Waals surface area contributed by atoms with E-state index in [1.807, 2.05) is 0 Å². The van der Waals surface area contributed by atoms with Gasteiger partial charge in [-0.05, 0) is 18.2 Å². The standard InChI is InChI=1S/C12H11FN2O3/c1-17-12(16)8-5-9(18-7-8)6-14-11-4-2-3-10(13)15-11/h2-5,7H,6H2,1H3,(H,14,15). The molecule has 0 aliphatic heterocycles. The van der Waals surface area contributed by atoms with Gasteiger partial charge in [-0.1, -0.05) is 6.07 Å². The van der Waals surface area contributed by atoms with Gasteiger partial charge in [0.05, 0.1) is 19.2 Å². The smallest absolute Gasteiger partial charge is 0.341 e. The first-order chi connectivity index (χ1) is 8.69. The Balaban J connectivity index is 1.98. The Bertz CT molecular complexity index is 554. The lowest BCUT2D eigenvalue weighted by Crippen LogP contribution is -2.01. The number of esters is 1. The lowest BCUT2D eigenvalue weighted by Gasteiger charge is -2.02. The molecule has 94 valence electrons. The van der Waals surface area contributed by atoms with Crippen LogP contribution in [0.4, 0.5) is 10.2 Å². The van der Waals surface area contributed by atoms with Crippen LogP contribution in [0, 0.1) is 5.95 Å². The SMILES string of the molecule is COC(=O)c1coc(CNc2cccc(F)n2)c1. The van der Waals surface area contributed by atoms with Gasteiger partial charge in [0, 0.05) is 0 Å². The van der Waals surface area contributed by atoms with E-state index in [9.17, 15) is 9.18 Å². The summed E-state index contributed by atoms with van der Waals surface area (Å²) in [5.74, 6) is -0.101. The van der Waals surface area contributed by atoms with E-state index in [0.717, 1.165) is 0 Å². The largest absolute Gasteiger partial charge is 0.467 e. The molecule has 0 spiro atoms. The molecule has 0 saturated carbocycles. The van der Waals surface area contributed by atoms with Crippen molar-refractivity contribution in [1.82, 2.24) is 4.98 Å². The molecule has 18 heavy (non-hydrogen) atoms. The van der Waals surface area contributed by atoms with E-state index in [-0.39, 0.29) is 0 Å². The monoisotopic (exact) mass is 250 g/mol. The second-order valence-corrected chi connectivity index (χ2v) is 3.49. The van der Waals surface area contributed by atoms with Crippen molar-refractivity contribution in [3.05, 3.63) is 47.8 Å². The minimum absolute atomic E-state index is 0.299. The molecule has 2 aromatic rings. The van der Waals surface area contributed by atoms with Crippen LogP contribution in [-0.2, 0) is 11.3 Å². The molecule has 2 aromatic heterocycles. The van der Waals surface area contributed by atoms with Gasteiger partial charge in [-0.15, -0.1) is 0 Å². The molecule has 2 heterocycles. The predicted octanol–water partition coefficient (Wildman–Crippen LogP) is 2.21. The molecule has 0 fully saturated rings. The number of rotatable bonds is 4. The molecule has 6 heteroatoms. The lowest BCUT2D eigenvalue weighted by molar-refractivity contribution is 0.0600. The number of nitrogens with zero attached hydrogens (tertiary/aromatic N) is 1. The van der Waals surface area contributed by atoms with Crippen molar-refractivity contribution < 1.29 is 18.3 Å². The average Bonchev–Trinajstić information content (AvgIpc) is 2.84. The third-order valence-corrected chi connectivity index (χ3v) is 2.23. The summed E-state index contributed by atoms with van der Waals surface area (Å²) in [5.41, 5.74) is 0.335. The van der Waals surface area contributed by atoms with E-state index in [1.54, 1.807) is 18.2 Å². The number of anilines is 1. The van der Waals surface area contributed by atoms with E-state index in [0.29, 0.717) is 23.7 Å². The lowest BCUT2D eigenvalue weighted by atomic mass is 10.3. The van der Waals surface area contributed by atoms with Crippen LogP contribution in [0.15, 0.2) is 34.9 Å². The van der Waals surface area contributed by atoms with Gasteiger partial charge in [0.15, 0.2) is 0 Å². The zero-order valence-electron chi connectivity index (χ0n) is 9.64. The molecule has 0 aliphatic carbocycles. The number of pyridine rings is 1. The minimum Gasteiger partial charge on any atom is -0.467 e. The summed E-state index contributed by atoms with van der Waals surface area (Å²) in [6.45, 7) is 0.299. The molecular weight excluding hydrogens is 239 g/mol. The molecule has 5 nitrogen and oxygen atoms in total. The van der Waals surface area contributed by atoms with Crippen molar-refractivity contribution in [1.29, 1.82) is 0 Å². The highest BCUT2D eigenvalue weighted by Crippen LogP contribution is 2.11. The maximum absolute atomic E-state index is 12.8. The van der Waals surface area contributed by atoms with Crippen LogP contribution in [0.25, 0.3) is 0 Å². The summed E-state index contributed by atoms with van der Waals surface area (Å²) < 4.78 is 22.5. The number of hydrogen-bond donors (Lipinski definition) is 1. The van der Waals surface area contributed by atoms with Crippen LogP contribution in [0.5, 0.6) is 0 Å². The Hall–Kier alpha value is -2.37. The van der Waals surface area contributed by atoms with Gasteiger partial charge in [0.2, 0.25) is 5.95 Å². The second-order valence-electron chi connectivity index (χ2n) is 3.49. The topological polar surface area (TPSA) is 64.4 Å². The third kappa shape index (κ3) is 2.85. The summed E-state index contributed by atoms with van der Waals surface area (Å²) in [4.78, 5) is 14.8. The van der Waals surface area contributed by atoms with Crippen molar-refractivity contribution in [3.63, 3.8) is 0 Å². The van der Waals surface area contributed by atoms with Crippen molar-refractivity contribution in [2.75, 3.05) is 12.4 Å². The van der Waals surface area contributed by atoms with Crippen molar-refractivity contribution >= 4 is 11.8 Å². The zero-order chi connectivity index (χ0) is 13.0. The molecule has 2 rings (SSSR count). The Labute approximate surface area is 103 Å². The van der Waals surface area contributed by atoms with E-state index < -0.39 is 11.9 Å². The van der Waals surface area contributed by atoms with E-state index in [4.69, 9.17) is 4.42 Å². The van der Waals surface area contributed by atoms with Crippen molar-refractivity contribution in [2.45, 2.75) is 6.54 Å². The van der Waals surface area contributed by atoms with Gasteiger partial charge in [-0.3, -0.25) is 0 Å². The van der Waals surface area contributed by atoms with Crippen LogP contribution >= 0.6 is 0 Å². The van der Waals surface area contributed by atoms with Gasteiger partial charge >= 0.3 is 5.97 Å². The molecule has 0 atom stereocenters. The Morgan fingerprint density at radius 3 is 3.11 bits per heavy atom. The first kappa shape index (κ1) is 12.1. The fourth-order valence-electron chi connectivity index (χ4n) is 1.38. The summed E-state index contributed by atoms with van der Waals surface area (Å²) >= 11 is 0. The summed E-state index contributed by atoms with van der Waals surface area (Å²) in [7, 11) is 1.30. The number of aromatic nitrogens is 1. The average molecular weight is 250 g/mol. The Morgan fingerprint density at radius 1 is 1.56 bits per heavy atom. The van der Waals surface area contributed by atoms with Crippen molar-refractivity contribution in [2.24, 2.45) is 0 Å². The first-order valence-corrected chi connectivity index (χ1v) is 5.21. The number of methoxy groups -OCH3 is 1. The number of carbonyl (C=O) groups is 1. The number of halogens is 1. The highest BCUT2D eigenvalue weighted by atomic mass is 19.1. The Kier molecular flexibility index (Phi) is 3.57. The highest BCUT2D eigenvalue weighted by Gasteiger charge is 2.09. The highest BCUT2D eigenvalue weighted by molar-refractivity contribution is 5.88. The van der Waals surface area contributed by atoms with Crippen molar-refractivity contribution in [3.8, 4) is 0 Å². The fraction of sp³-hybridized carbons (Fsp3) is 0.167. The van der Waals surface area contributed by atoms with Crippen LogP contribution < -0.4 is 5.32 Å². The van der Waals surface area contributed by atoms with Crippen LogP contribution in [0.1, 0.15) is 16.1 Å². The zero-order valence-corrected chi connectivity index (χ0v) is 9.64. The number of furan rings is 1. The van der Waals surface area contributed by atoms with E-state index >= 15 is 0 Å². The number of ether oxygens (including phenoxy) is 1. The molecule has 0 saturated heterocycles. The minimum atomic E-state index is -0.560. The van der Waals surface area contributed by atoms with Gasteiger partial charge in [-0.25, -0.2) is 9.78 Å². The molecule has 1 N–H and O–H groups in total. The molecule has 0 unspecified atom stereocenters. The molecule has 0 aliphatic rings. The van der Waals surface area contributed by atoms with Gasteiger partial charge in [-0.2, -0.15) is 4.39 Å². The number of carbonyl (C=O) groups excluding carboxylic acids is 1. The van der Waals surface area contributed by atoms with Crippen LogP contribution in [0.3, 0.4) is 0 Å². The first-order valence-electron chi connectivity index (χ1n) is 5.21. The fourth-order valence-corrected chi connectivity index (χ4v) is 1.38. The van der Waals surface area contributed by atoms with Crippen LogP contribution in [0.2, 0.25) is 0 Å². The molecule has 0 amide bonds. The predicted molar refractivity (Wildman–Crippen MR) is 61.6 cm³/mol. The molecular formula is C12H11FN2O3. The quantitative estimate of drug-likeness (QED) is 0.665. The Morgan fingerprint density at radius 2 is 2.39 bits per heavy atom. The van der Waals surface area contributed by atoms with Gasteiger partial charge < -0.3 is 14.5 Å². The maximum Gasteiger partial charge on any atom is 0.341 e. The maximum atomic E-state index is 12.8. The summed E-state index contributed by atoms with van der Waals surface area (Å²) in [6.07, 6.45) is 1.31.